The number of sulfonamides is 1. The Morgan fingerprint density at radius 3 is 2.92 bits per heavy atom. The van der Waals surface area contributed by atoms with Gasteiger partial charge >= 0.3 is 0 Å². The van der Waals surface area contributed by atoms with E-state index in [4.69, 9.17) is 9.97 Å². The minimum absolute atomic E-state index is 0.0104. The van der Waals surface area contributed by atoms with Gasteiger partial charge in [-0.2, -0.15) is 0 Å². The van der Waals surface area contributed by atoms with Crippen LogP contribution in [0.4, 0.5) is 5.82 Å². The third-order valence-corrected chi connectivity index (χ3v) is 7.01. The average molecular weight is 390 g/mol. The van der Waals surface area contributed by atoms with E-state index in [1.54, 1.807) is 23.7 Å². The first-order valence-corrected chi connectivity index (χ1v) is 10.9. The number of aromatic nitrogens is 3. The predicted molar refractivity (Wildman–Crippen MR) is 104 cm³/mol. The molecule has 2 N–H and O–H groups in total. The number of fused-ring (bicyclic) bond motifs is 3. The third-order valence-electron chi connectivity index (χ3n) is 4.46. The molecular weight excluding hydrogens is 370 g/mol. The van der Waals surface area contributed by atoms with Crippen LogP contribution in [0.2, 0.25) is 0 Å². The predicted octanol–water partition coefficient (Wildman–Crippen LogP) is 2.20. The number of thiophene rings is 1. The Balaban J connectivity index is 1.75. The standard InChI is InChI=1S/C17H19N5O2S2/c1-18-26(23,24)9-8-20-16-14-12-5-2-6-13(12)25-17(14)22-15(21-16)11-4-3-7-19-10-11/h3-4,7,10,18H,2,5-6,8-9H2,1H3,(H,20,21,22). The molecule has 1 aliphatic carbocycles. The summed E-state index contributed by atoms with van der Waals surface area (Å²) < 4.78 is 25.7. The number of hydrogen-bond donors (Lipinski definition) is 2. The van der Waals surface area contributed by atoms with Gasteiger partial charge in [0.1, 0.15) is 10.6 Å². The molecule has 136 valence electrons. The summed E-state index contributed by atoms with van der Waals surface area (Å²) in [6, 6.07) is 3.77. The Bertz CT molecular complexity index is 1050. The lowest BCUT2D eigenvalue weighted by Crippen LogP contribution is -2.26. The zero-order chi connectivity index (χ0) is 18.1. The van der Waals surface area contributed by atoms with Crippen molar-refractivity contribution >= 4 is 37.4 Å². The molecule has 0 bridgehead atoms. The van der Waals surface area contributed by atoms with Crippen molar-refractivity contribution in [3.05, 3.63) is 35.0 Å². The van der Waals surface area contributed by atoms with Crippen LogP contribution in [-0.2, 0) is 22.9 Å². The van der Waals surface area contributed by atoms with Gasteiger partial charge in [-0.3, -0.25) is 4.98 Å². The van der Waals surface area contributed by atoms with E-state index in [-0.39, 0.29) is 12.3 Å². The minimum Gasteiger partial charge on any atom is -0.368 e. The smallest absolute Gasteiger partial charge is 0.213 e. The van der Waals surface area contributed by atoms with Gasteiger partial charge < -0.3 is 5.32 Å². The van der Waals surface area contributed by atoms with E-state index in [9.17, 15) is 8.42 Å². The van der Waals surface area contributed by atoms with Gasteiger partial charge in [-0.1, -0.05) is 0 Å². The largest absolute Gasteiger partial charge is 0.368 e. The van der Waals surface area contributed by atoms with Crippen LogP contribution >= 0.6 is 11.3 Å². The van der Waals surface area contributed by atoms with Gasteiger partial charge in [-0.15, -0.1) is 11.3 Å². The SMILES string of the molecule is CNS(=O)(=O)CCNc1nc(-c2cccnc2)nc2sc3c(c12)CCC3. The summed E-state index contributed by atoms with van der Waals surface area (Å²) in [5, 5.41) is 4.26. The highest BCUT2D eigenvalue weighted by Gasteiger charge is 2.23. The summed E-state index contributed by atoms with van der Waals surface area (Å²) in [7, 11) is -1.85. The van der Waals surface area contributed by atoms with Crippen LogP contribution < -0.4 is 10.0 Å². The van der Waals surface area contributed by atoms with Gasteiger partial charge in [0, 0.05) is 29.4 Å². The molecule has 4 rings (SSSR count). The Labute approximate surface area is 156 Å². The van der Waals surface area contributed by atoms with Crippen molar-refractivity contribution < 1.29 is 8.42 Å². The van der Waals surface area contributed by atoms with Crippen molar-refractivity contribution in [2.24, 2.45) is 0 Å². The van der Waals surface area contributed by atoms with Crippen molar-refractivity contribution in [2.45, 2.75) is 19.3 Å². The van der Waals surface area contributed by atoms with Crippen LogP contribution in [0.25, 0.3) is 21.6 Å². The summed E-state index contributed by atoms with van der Waals surface area (Å²) in [6.07, 6.45) is 6.69. The quantitative estimate of drug-likeness (QED) is 0.671. The monoisotopic (exact) mass is 389 g/mol. The molecule has 3 aromatic heterocycles. The average Bonchev–Trinajstić information content (AvgIpc) is 3.23. The second-order valence-electron chi connectivity index (χ2n) is 6.12. The van der Waals surface area contributed by atoms with Gasteiger partial charge in [0.15, 0.2) is 5.82 Å². The number of aryl methyl sites for hydroxylation is 2. The van der Waals surface area contributed by atoms with E-state index in [0.717, 1.165) is 35.0 Å². The zero-order valence-corrected chi connectivity index (χ0v) is 16.0. The highest BCUT2D eigenvalue weighted by atomic mass is 32.2. The van der Waals surface area contributed by atoms with Crippen LogP contribution in [0, 0.1) is 0 Å². The lowest BCUT2D eigenvalue weighted by atomic mass is 10.2. The summed E-state index contributed by atoms with van der Waals surface area (Å²) in [5.74, 6) is 1.30. The molecule has 1 aliphatic rings. The maximum Gasteiger partial charge on any atom is 0.213 e. The van der Waals surface area contributed by atoms with Gasteiger partial charge in [0.2, 0.25) is 10.0 Å². The number of nitrogens with zero attached hydrogens (tertiary/aromatic N) is 3. The molecular formula is C17H19N5O2S2. The molecule has 3 aromatic rings. The molecule has 0 saturated carbocycles. The van der Waals surface area contributed by atoms with Crippen LogP contribution in [0.5, 0.6) is 0 Å². The Kier molecular flexibility index (Phi) is 4.60. The molecule has 0 atom stereocenters. The van der Waals surface area contributed by atoms with Crippen molar-refractivity contribution in [1.29, 1.82) is 0 Å². The van der Waals surface area contributed by atoms with Gasteiger partial charge in [0.05, 0.1) is 11.1 Å². The third kappa shape index (κ3) is 3.29. The maximum absolute atomic E-state index is 11.7. The number of anilines is 1. The molecule has 0 spiro atoms. The molecule has 7 nitrogen and oxygen atoms in total. The van der Waals surface area contributed by atoms with Gasteiger partial charge in [-0.05, 0) is 44.0 Å². The summed E-state index contributed by atoms with van der Waals surface area (Å²) in [6.45, 7) is 0.284. The molecule has 0 amide bonds. The Hall–Kier alpha value is -2.10. The van der Waals surface area contributed by atoms with E-state index in [1.165, 1.54) is 17.5 Å². The molecule has 26 heavy (non-hydrogen) atoms. The summed E-state index contributed by atoms with van der Waals surface area (Å²) in [4.78, 5) is 15.9. The van der Waals surface area contributed by atoms with Gasteiger partial charge in [0.25, 0.3) is 0 Å². The topological polar surface area (TPSA) is 96.9 Å². The molecule has 0 saturated heterocycles. The summed E-state index contributed by atoms with van der Waals surface area (Å²) >= 11 is 1.71. The second-order valence-corrected chi connectivity index (χ2v) is 9.25. The Morgan fingerprint density at radius 1 is 1.27 bits per heavy atom. The first-order valence-electron chi connectivity index (χ1n) is 8.45. The normalized spacial score (nSPS) is 13.9. The Morgan fingerprint density at radius 2 is 2.15 bits per heavy atom. The second kappa shape index (κ2) is 6.90. The van der Waals surface area contributed by atoms with E-state index < -0.39 is 10.0 Å². The molecule has 3 heterocycles. The fraction of sp³-hybridized carbons (Fsp3) is 0.353. The first-order chi connectivity index (χ1) is 12.6. The van der Waals surface area contributed by atoms with E-state index >= 15 is 0 Å². The molecule has 0 unspecified atom stereocenters. The molecule has 0 aromatic carbocycles. The molecule has 0 radical (unpaired) electrons. The highest BCUT2D eigenvalue weighted by molar-refractivity contribution is 7.89. The minimum atomic E-state index is -3.27. The first kappa shape index (κ1) is 17.3. The van der Waals surface area contributed by atoms with Crippen LogP contribution in [0.15, 0.2) is 24.5 Å². The molecule has 0 fully saturated rings. The fourth-order valence-corrected chi connectivity index (χ4v) is 4.99. The number of nitrogens with one attached hydrogen (secondary N) is 2. The maximum atomic E-state index is 11.7. The van der Waals surface area contributed by atoms with E-state index in [1.807, 2.05) is 12.1 Å². The van der Waals surface area contributed by atoms with Crippen molar-refractivity contribution in [2.75, 3.05) is 24.7 Å². The molecule has 9 heteroatoms. The number of rotatable bonds is 6. The lowest BCUT2D eigenvalue weighted by Gasteiger charge is -2.10. The zero-order valence-electron chi connectivity index (χ0n) is 14.3. The van der Waals surface area contributed by atoms with Crippen molar-refractivity contribution in [3.63, 3.8) is 0 Å². The molecule has 0 aliphatic heterocycles. The van der Waals surface area contributed by atoms with E-state index in [0.29, 0.717) is 11.6 Å². The fourth-order valence-electron chi connectivity index (χ4n) is 3.15. The lowest BCUT2D eigenvalue weighted by molar-refractivity contribution is 0.588. The van der Waals surface area contributed by atoms with Crippen LogP contribution in [0.1, 0.15) is 16.9 Å². The van der Waals surface area contributed by atoms with Crippen LogP contribution in [-0.4, -0.2) is 42.7 Å². The van der Waals surface area contributed by atoms with E-state index in [2.05, 4.69) is 15.0 Å². The highest BCUT2D eigenvalue weighted by Crippen LogP contribution is 2.40. The summed E-state index contributed by atoms with van der Waals surface area (Å²) in [5.41, 5.74) is 2.15. The number of hydrogen-bond acceptors (Lipinski definition) is 7. The van der Waals surface area contributed by atoms with Gasteiger partial charge in [-0.25, -0.2) is 23.1 Å². The van der Waals surface area contributed by atoms with Crippen LogP contribution in [0.3, 0.4) is 0 Å². The van der Waals surface area contributed by atoms with Crippen molar-refractivity contribution in [1.82, 2.24) is 19.7 Å². The van der Waals surface area contributed by atoms with Crippen molar-refractivity contribution in [3.8, 4) is 11.4 Å². The number of pyridine rings is 1.